The summed E-state index contributed by atoms with van der Waals surface area (Å²) in [6.07, 6.45) is 2.93. The molecule has 1 aromatic carbocycles. The van der Waals surface area contributed by atoms with Crippen molar-refractivity contribution in [1.29, 1.82) is 0 Å². The van der Waals surface area contributed by atoms with E-state index in [0.717, 1.165) is 36.3 Å². The first-order valence-corrected chi connectivity index (χ1v) is 9.68. The van der Waals surface area contributed by atoms with E-state index in [1.165, 1.54) is 0 Å². The van der Waals surface area contributed by atoms with Gasteiger partial charge in [-0.25, -0.2) is 4.98 Å². The molecule has 0 bridgehead atoms. The lowest BCUT2D eigenvalue weighted by Crippen LogP contribution is -2.30. The van der Waals surface area contributed by atoms with Crippen molar-refractivity contribution in [3.05, 3.63) is 41.1 Å². The fraction of sp³-hybridized carbons (Fsp3) is 0.524. The van der Waals surface area contributed by atoms with Gasteiger partial charge < -0.3 is 19.2 Å². The van der Waals surface area contributed by atoms with Crippen molar-refractivity contribution in [2.75, 3.05) is 13.2 Å². The molecule has 2 aliphatic rings. The molecule has 27 heavy (non-hydrogen) atoms. The topological polar surface area (TPSA) is 73.6 Å². The van der Waals surface area contributed by atoms with Gasteiger partial charge in [0.2, 0.25) is 5.76 Å². The molecule has 6 heteroatoms. The van der Waals surface area contributed by atoms with Crippen LogP contribution in [-0.2, 0) is 6.42 Å². The highest BCUT2D eigenvalue weighted by molar-refractivity contribution is 5.92. The predicted octanol–water partition coefficient (Wildman–Crippen LogP) is 3.83. The quantitative estimate of drug-likeness (QED) is 0.836. The Hall–Kier alpha value is -2.50. The molecule has 0 radical (unpaired) electrons. The smallest absolute Gasteiger partial charge is 0.289 e. The number of ether oxygens (including phenoxy) is 2. The van der Waals surface area contributed by atoms with Crippen molar-refractivity contribution < 1.29 is 18.7 Å². The van der Waals surface area contributed by atoms with Crippen LogP contribution in [0.2, 0.25) is 0 Å². The van der Waals surface area contributed by atoms with E-state index in [4.69, 9.17) is 13.9 Å². The van der Waals surface area contributed by atoms with Crippen molar-refractivity contribution in [2.45, 2.75) is 46.1 Å². The average molecular weight is 370 g/mol. The number of hydrogen-bond acceptors (Lipinski definition) is 5. The predicted molar refractivity (Wildman–Crippen MR) is 100 cm³/mol. The van der Waals surface area contributed by atoms with E-state index in [2.05, 4.69) is 24.1 Å². The van der Waals surface area contributed by atoms with Gasteiger partial charge in [0, 0.05) is 6.42 Å². The normalized spacial score (nSPS) is 17.0. The van der Waals surface area contributed by atoms with E-state index in [0.29, 0.717) is 42.4 Å². The minimum atomic E-state index is -0.207. The third kappa shape index (κ3) is 3.94. The molecule has 144 valence electrons. The molecule has 1 fully saturated rings. The zero-order valence-electron chi connectivity index (χ0n) is 16.1. The van der Waals surface area contributed by atoms with Gasteiger partial charge in [-0.1, -0.05) is 19.9 Å². The highest BCUT2D eigenvalue weighted by atomic mass is 16.6. The molecule has 1 aromatic heterocycles. The van der Waals surface area contributed by atoms with Crippen LogP contribution in [0.1, 0.15) is 60.4 Å². The lowest BCUT2D eigenvalue weighted by molar-refractivity contribution is 0.0900. The largest absolute Gasteiger partial charge is 0.486 e. The number of amides is 1. The summed E-state index contributed by atoms with van der Waals surface area (Å²) in [5.41, 5.74) is 1.68. The molecule has 1 saturated carbocycles. The summed E-state index contributed by atoms with van der Waals surface area (Å²) >= 11 is 0. The lowest BCUT2D eigenvalue weighted by atomic mass is 10.0. The van der Waals surface area contributed by atoms with E-state index in [-0.39, 0.29) is 11.9 Å². The maximum atomic E-state index is 12.9. The van der Waals surface area contributed by atoms with Gasteiger partial charge in [0.25, 0.3) is 5.91 Å². The second kappa shape index (κ2) is 7.25. The molecule has 2 heterocycles. The third-order valence-electron chi connectivity index (χ3n) is 4.94. The zero-order chi connectivity index (χ0) is 19.0. The molecule has 1 aliphatic carbocycles. The second-order valence-electron chi connectivity index (χ2n) is 7.81. The van der Waals surface area contributed by atoms with E-state index in [1.807, 2.05) is 25.1 Å². The summed E-state index contributed by atoms with van der Waals surface area (Å²) in [4.78, 5) is 17.3. The van der Waals surface area contributed by atoms with Crippen molar-refractivity contribution >= 4 is 5.91 Å². The molecule has 2 aromatic rings. The number of aryl methyl sites for hydroxylation is 1. The van der Waals surface area contributed by atoms with Crippen LogP contribution in [0.15, 0.2) is 22.6 Å². The fourth-order valence-electron chi connectivity index (χ4n) is 3.46. The number of benzene rings is 1. The minimum Gasteiger partial charge on any atom is -0.486 e. The number of hydrogen-bond donors (Lipinski definition) is 1. The molecule has 1 aliphatic heterocycles. The fourth-order valence-corrected chi connectivity index (χ4v) is 3.46. The third-order valence-corrected chi connectivity index (χ3v) is 4.94. The van der Waals surface area contributed by atoms with Gasteiger partial charge in [-0.3, -0.25) is 4.79 Å². The summed E-state index contributed by atoms with van der Waals surface area (Å²) in [6.45, 7) is 7.14. The Morgan fingerprint density at radius 3 is 2.67 bits per heavy atom. The van der Waals surface area contributed by atoms with E-state index < -0.39 is 0 Å². The van der Waals surface area contributed by atoms with Gasteiger partial charge in [-0.2, -0.15) is 0 Å². The van der Waals surface area contributed by atoms with Crippen LogP contribution < -0.4 is 14.8 Å². The monoisotopic (exact) mass is 370 g/mol. The van der Waals surface area contributed by atoms with Crippen LogP contribution >= 0.6 is 0 Å². The summed E-state index contributed by atoms with van der Waals surface area (Å²) in [5, 5.41) is 3.16. The maximum absolute atomic E-state index is 12.9. The van der Waals surface area contributed by atoms with Crippen molar-refractivity contribution in [1.82, 2.24) is 10.3 Å². The van der Waals surface area contributed by atoms with Gasteiger partial charge in [-0.15, -0.1) is 0 Å². The first-order chi connectivity index (χ1) is 13.0. The van der Waals surface area contributed by atoms with Gasteiger partial charge in [0.05, 0.1) is 11.7 Å². The van der Waals surface area contributed by atoms with Crippen molar-refractivity contribution in [2.24, 2.45) is 11.8 Å². The number of carbonyl (C=O) groups excluding carboxylic acids is 1. The summed E-state index contributed by atoms with van der Waals surface area (Å²) in [7, 11) is 0. The Morgan fingerprint density at radius 1 is 1.22 bits per heavy atom. The van der Waals surface area contributed by atoms with Gasteiger partial charge >= 0.3 is 0 Å². The molecule has 0 saturated heterocycles. The van der Waals surface area contributed by atoms with Crippen LogP contribution in [0.25, 0.3) is 0 Å². The number of nitrogens with zero attached hydrogens (tertiary/aromatic N) is 1. The standard InChI is InChI=1S/C21H26N2O4/c1-12(2)10-18-22-13(3)20(27-18)21(24)23-19(14-4-5-14)15-6-7-16-17(11-15)26-9-8-25-16/h6-7,11-12,14,19H,4-5,8-10H2,1-3H3,(H,23,24). The molecule has 1 unspecified atom stereocenters. The van der Waals surface area contributed by atoms with Crippen molar-refractivity contribution in [3.8, 4) is 11.5 Å². The number of rotatable bonds is 6. The number of nitrogens with one attached hydrogen (secondary N) is 1. The second-order valence-corrected chi connectivity index (χ2v) is 7.81. The van der Waals surface area contributed by atoms with E-state index in [1.54, 1.807) is 0 Å². The Bertz CT molecular complexity index is 839. The van der Waals surface area contributed by atoms with Crippen LogP contribution in [0.5, 0.6) is 11.5 Å². The zero-order valence-corrected chi connectivity index (χ0v) is 16.1. The molecule has 1 N–H and O–H groups in total. The van der Waals surface area contributed by atoms with Gasteiger partial charge in [0.15, 0.2) is 17.4 Å². The Balaban J connectivity index is 1.54. The summed E-state index contributed by atoms with van der Waals surface area (Å²) in [6, 6.07) is 5.85. The first-order valence-electron chi connectivity index (χ1n) is 9.68. The lowest BCUT2D eigenvalue weighted by Gasteiger charge is -2.22. The van der Waals surface area contributed by atoms with Crippen molar-refractivity contribution in [3.63, 3.8) is 0 Å². The highest BCUT2D eigenvalue weighted by Gasteiger charge is 2.35. The molecule has 4 rings (SSSR count). The van der Waals surface area contributed by atoms with Crippen LogP contribution in [-0.4, -0.2) is 24.1 Å². The number of carbonyl (C=O) groups is 1. The minimum absolute atomic E-state index is 0.0635. The number of oxazole rings is 1. The van der Waals surface area contributed by atoms with Crippen LogP contribution in [0, 0.1) is 18.8 Å². The molecule has 1 atom stereocenters. The first kappa shape index (κ1) is 17.9. The molecule has 0 spiro atoms. The maximum Gasteiger partial charge on any atom is 0.289 e. The Kier molecular flexibility index (Phi) is 4.81. The van der Waals surface area contributed by atoms with E-state index in [9.17, 15) is 4.79 Å². The number of aromatic nitrogens is 1. The van der Waals surface area contributed by atoms with Gasteiger partial charge in [-0.05, 0) is 49.3 Å². The molecular formula is C21H26N2O4. The van der Waals surface area contributed by atoms with Gasteiger partial charge in [0.1, 0.15) is 13.2 Å². The Morgan fingerprint density at radius 2 is 1.96 bits per heavy atom. The Labute approximate surface area is 159 Å². The highest BCUT2D eigenvalue weighted by Crippen LogP contribution is 2.43. The summed E-state index contributed by atoms with van der Waals surface area (Å²) < 4.78 is 17.0. The van der Waals surface area contributed by atoms with E-state index >= 15 is 0 Å². The average Bonchev–Trinajstić information content (AvgIpc) is 3.41. The molecular weight excluding hydrogens is 344 g/mol. The summed E-state index contributed by atoms with van der Waals surface area (Å²) in [5.74, 6) is 3.10. The SMILES string of the molecule is Cc1nc(CC(C)C)oc1C(=O)NC(c1ccc2c(c1)OCCO2)C1CC1. The molecule has 1 amide bonds. The molecule has 6 nitrogen and oxygen atoms in total. The van der Waals surface area contributed by atoms with Crippen LogP contribution in [0.3, 0.4) is 0 Å². The van der Waals surface area contributed by atoms with Crippen LogP contribution in [0.4, 0.5) is 0 Å². The number of fused-ring (bicyclic) bond motifs is 1.